The van der Waals surface area contributed by atoms with Gasteiger partial charge in [0, 0.05) is 0 Å². The molecule has 0 spiro atoms. The number of hydrogen-bond donors (Lipinski definition) is 2. The van der Waals surface area contributed by atoms with Crippen molar-refractivity contribution >= 4 is 66.2 Å². The van der Waals surface area contributed by atoms with Crippen LogP contribution in [0.3, 0.4) is 0 Å². The normalized spacial score (nSPS) is 15.8. The Hall–Kier alpha value is -4.46. The second-order valence-electron chi connectivity index (χ2n) is 10.7. The van der Waals surface area contributed by atoms with Crippen molar-refractivity contribution in [3.63, 3.8) is 0 Å². The second-order valence-corrected chi connectivity index (χ2v) is 10.7. The van der Waals surface area contributed by atoms with E-state index in [0.717, 1.165) is 89.7 Å². The summed E-state index contributed by atoms with van der Waals surface area (Å²) in [5.74, 6) is 3.62. The Morgan fingerprint density at radius 2 is 0.733 bits per heavy atom. The summed E-state index contributed by atoms with van der Waals surface area (Å²) in [5, 5.41) is 0. The molecule has 0 amide bonds. The number of nitrogens with one attached hydrogen (secondary N) is 2. The number of benzene rings is 4. The van der Waals surface area contributed by atoms with E-state index < -0.39 is 0 Å². The van der Waals surface area contributed by atoms with Crippen molar-refractivity contribution in [2.24, 2.45) is 0 Å². The average molecular weight is 622 g/mol. The van der Waals surface area contributed by atoms with Crippen LogP contribution in [0, 0.1) is 63.2 Å². The van der Waals surface area contributed by atoms with Crippen LogP contribution in [0.4, 0.5) is 0 Å². The Bertz CT molecular complexity index is 2020. The van der Waals surface area contributed by atoms with Gasteiger partial charge in [0.05, 0.1) is 78.0 Å². The molecule has 0 unspecified atom stereocenters. The third kappa shape index (κ3) is 5.20. The SMILES string of the molecule is [CH]1[CH][CH][C](c2nc3cc4nc5ccccc5[nH]c4cc3n2)[CH]1.[CH]1[CH][CH][C](c2nc3cc4nc5ccccc5[nH]c4cc3n2)[CH]1.[Fe+2]. The van der Waals surface area contributed by atoms with Crippen LogP contribution >= 0.6 is 0 Å². The number of aromatic amines is 2. The molecule has 2 aliphatic rings. The minimum Gasteiger partial charge on any atom is -0.352 e. The van der Waals surface area contributed by atoms with Gasteiger partial charge in [-0.2, -0.15) is 0 Å². The van der Waals surface area contributed by atoms with E-state index in [1.165, 1.54) is 0 Å². The summed E-state index contributed by atoms with van der Waals surface area (Å²) in [6, 6.07) is 24.1. The standard InChI is InChI=1S/2C18H11N4.Fe/c2*1-2-6-11(5-1)18-21-16-9-14-15(10-17(16)22-18)20-13-8-4-3-7-12(13)19-14;/h2*1-10,19H;/q;;+2. The molecule has 2 fully saturated rings. The van der Waals surface area contributed by atoms with Gasteiger partial charge in [0.25, 0.3) is 0 Å². The molecular formula is C36H22FeN8+2. The molecule has 4 aromatic heterocycles. The van der Waals surface area contributed by atoms with Gasteiger partial charge in [0.2, 0.25) is 0 Å². The molecule has 10 radical (unpaired) electrons. The van der Waals surface area contributed by atoms with Gasteiger partial charge >= 0.3 is 17.1 Å². The molecule has 2 saturated carbocycles. The van der Waals surface area contributed by atoms with Crippen molar-refractivity contribution in [1.29, 1.82) is 0 Å². The summed E-state index contributed by atoms with van der Waals surface area (Å²) in [6.45, 7) is 0. The quantitative estimate of drug-likeness (QED) is 0.162. The van der Waals surface area contributed by atoms with E-state index in [4.69, 9.17) is 9.97 Å². The number of para-hydroxylation sites is 4. The first-order valence-electron chi connectivity index (χ1n) is 14.3. The molecule has 9 heteroatoms. The third-order valence-electron chi connectivity index (χ3n) is 7.76. The summed E-state index contributed by atoms with van der Waals surface area (Å²) in [7, 11) is 0. The molecule has 0 saturated heterocycles. The van der Waals surface area contributed by atoms with Crippen LogP contribution in [0.5, 0.6) is 0 Å². The molecule has 0 atom stereocenters. The zero-order valence-corrected chi connectivity index (χ0v) is 24.7. The molecule has 4 aromatic carbocycles. The smallest absolute Gasteiger partial charge is 0.352 e. The van der Waals surface area contributed by atoms with Crippen LogP contribution in [0.25, 0.3) is 66.2 Å². The molecule has 45 heavy (non-hydrogen) atoms. The zero-order chi connectivity index (χ0) is 29.0. The topological polar surface area (TPSA) is 109 Å². The van der Waals surface area contributed by atoms with Gasteiger partial charge in [-0.25, -0.2) is 29.9 Å². The predicted molar refractivity (Wildman–Crippen MR) is 172 cm³/mol. The third-order valence-corrected chi connectivity index (χ3v) is 7.76. The molecule has 10 rings (SSSR count). The Morgan fingerprint density at radius 3 is 1.16 bits per heavy atom. The largest absolute Gasteiger partial charge is 2.00 e. The minimum atomic E-state index is 0. The van der Waals surface area contributed by atoms with E-state index in [1.807, 2.05) is 124 Å². The zero-order valence-electron chi connectivity index (χ0n) is 23.6. The summed E-state index contributed by atoms with van der Waals surface area (Å²) >= 11 is 0. The number of aromatic nitrogens is 8. The molecule has 8 nitrogen and oxygen atoms in total. The first-order chi connectivity index (χ1) is 21.7. The molecule has 212 valence electrons. The van der Waals surface area contributed by atoms with Gasteiger partial charge < -0.3 is 9.97 Å². The van der Waals surface area contributed by atoms with Crippen LogP contribution in [-0.2, 0) is 17.1 Å². The van der Waals surface area contributed by atoms with Gasteiger partial charge in [0.15, 0.2) is 0 Å². The average Bonchev–Trinajstić information content (AvgIpc) is 3.87. The van der Waals surface area contributed by atoms with E-state index in [0.29, 0.717) is 0 Å². The Labute approximate surface area is 270 Å². The number of imidazole rings is 2. The maximum absolute atomic E-state index is 4.70. The van der Waals surface area contributed by atoms with Crippen molar-refractivity contribution in [1.82, 2.24) is 39.9 Å². The molecule has 2 aliphatic carbocycles. The van der Waals surface area contributed by atoms with E-state index in [1.54, 1.807) is 0 Å². The van der Waals surface area contributed by atoms with Gasteiger partial charge in [0.1, 0.15) is 11.6 Å². The summed E-state index contributed by atoms with van der Waals surface area (Å²) in [5.41, 5.74) is 11.2. The fraction of sp³-hybridized carbons (Fsp3) is 0. The van der Waals surface area contributed by atoms with Crippen LogP contribution in [-0.4, -0.2) is 39.9 Å². The Kier molecular flexibility index (Phi) is 7.15. The second kappa shape index (κ2) is 11.5. The van der Waals surface area contributed by atoms with Crippen LogP contribution < -0.4 is 0 Å². The van der Waals surface area contributed by atoms with Crippen molar-refractivity contribution in [2.75, 3.05) is 0 Å². The monoisotopic (exact) mass is 622 g/mol. The Balaban J connectivity index is 0.000000131. The van der Waals surface area contributed by atoms with Crippen LogP contribution in [0.1, 0.15) is 11.6 Å². The number of nitrogens with zero attached hydrogens (tertiary/aromatic N) is 6. The predicted octanol–water partition coefficient (Wildman–Crippen LogP) is 6.82. The van der Waals surface area contributed by atoms with Crippen molar-refractivity contribution in [3.8, 4) is 0 Å². The van der Waals surface area contributed by atoms with Crippen molar-refractivity contribution in [3.05, 3.63) is 148 Å². The molecule has 0 bridgehead atoms. The molecule has 0 aliphatic heterocycles. The summed E-state index contributed by atoms with van der Waals surface area (Å²) in [6.07, 6.45) is 16.1. The van der Waals surface area contributed by atoms with Crippen LogP contribution in [0.2, 0.25) is 0 Å². The van der Waals surface area contributed by atoms with Crippen molar-refractivity contribution in [2.45, 2.75) is 0 Å². The van der Waals surface area contributed by atoms with E-state index >= 15 is 0 Å². The van der Waals surface area contributed by atoms with Gasteiger partial charge in [-0.3, -0.25) is 0 Å². The number of hydrogen-bond acceptors (Lipinski definition) is 6. The van der Waals surface area contributed by atoms with E-state index in [-0.39, 0.29) is 17.1 Å². The van der Waals surface area contributed by atoms with Crippen LogP contribution in [0.15, 0.2) is 72.8 Å². The fourth-order valence-electron chi connectivity index (χ4n) is 5.59. The maximum Gasteiger partial charge on any atom is 2.00 e. The minimum absolute atomic E-state index is 0. The number of H-pyrrole nitrogens is 2. The van der Waals surface area contributed by atoms with Gasteiger partial charge in [-0.15, -0.1) is 0 Å². The first kappa shape index (κ1) is 28.0. The van der Waals surface area contributed by atoms with E-state index in [9.17, 15) is 0 Å². The van der Waals surface area contributed by atoms with E-state index in [2.05, 4.69) is 29.9 Å². The molecule has 2 N–H and O–H groups in total. The van der Waals surface area contributed by atoms with Gasteiger partial charge in [-0.05, 0) is 99.9 Å². The first-order valence-corrected chi connectivity index (χ1v) is 14.3. The molecule has 4 heterocycles. The molecular weight excluding hydrogens is 600 g/mol. The maximum atomic E-state index is 4.70. The number of fused-ring (bicyclic) bond motifs is 6. The fourth-order valence-corrected chi connectivity index (χ4v) is 5.59. The van der Waals surface area contributed by atoms with Gasteiger partial charge in [-0.1, -0.05) is 24.3 Å². The summed E-state index contributed by atoms with van der Waals surface area (Å²) in [4.78, 5) is 34.7. The number of rotatable bonds is 2. The Morgan fingerprint density at radius 1 is 0.356 bits per heavy atom. The summed E-state index contributed by atoms with van der Waals surface area (Å²) < 4.78 is 0. The molecule has 8 aromatic rings. The van der Waals surface area contributed by atoms with Crippen molar-refractivity contribution < 1.29 is 17.1 Å².